The predicted octanol–water partition coefficient (Wildman–Crippen LogP) is 3.90. The first-order chi connectivity index (χ1) is 10.9. The molecule has 7 heteroatoms. The van der Waals surface area contributed by atoms with Crippen LogP contribution in [0.2, 0.25) is 0 Å². The molecule has 3 rings (SSSR count). The van der Waals surface area contributed by atoms with Crippen molar-refractivity contribution in [2.24, 2.45) is 0 Å². The summed E-state index contributed by atoms with van der Waals surface area (Å²) < 4.78 is 56.9. The van der Waals surface area contributed by atoms with E-state index >= 15 is 0 Å². The Kier molecular flexibility index (Phi) is 4.99. The fraction of sp³-hybridized carbons (Fsp3) is 0.625. The lowest BCUT2D eigenvalue weighted by Gasteiger charge is -2.43. The van der Waals surface area contributed by atoms with E-state index in [-0.39, 0.29) is 29.0 Å². The number of nitrogens with zero attached hydrogens (tertiary/aromatic N) is 1. The summed E-state index contributed by atoms with van der Waals surface area (Å²) in [5.41, 5.74) is -0.222. The van der Waals surface area contributed by atoms with Gasteiger partial charge in [0.2, 0.25) is 0 Å². The van der Waals surface area contributed by atoms with Crippen molar-refractivity contribution in [1.82, 2.24) is 10.2 Å². The SMILES string of the molecule is Fc1c(Br)ccc(C2CCN(C3CCNCC3)CC2(F)F)c1F. The zero-order valence-electron chi connectivity index (χ0n) is 12.6. The molecule has 0 saturated carbocycles. The van der Waals surface area contributed by atoms with Gasteiger partial charge in [0.15, 0.2) is 11.6 Å². The van der Waals surface area contributed by atoms with Crippen molar-refractivity contribution in [2.75, 3.05) is 26.2 Å². The number of hydrogen-bond donors (Lipinski definition) is 1. The summed E-state index contributed by atoms with van der Waals surface area (Å²) in [6, 6.07) is 2.71. The van der Waals surface area contributed by atoms with E-state index in [0.29, 0.717) is 6.54 Å². The molecule has 1 atom stereocenters. The Bertz CT molecular complexity index is 575. The number of nitrogens with one attached hydrogen (secondary N) is 1. The summed E-state index contributed by atoms with van der Waals surface area (Å²) in [4.78, 5) is 1.81. The Morgan fingerprint density at radius 2 is 1.78 bits per heavy atom. The molecule has 2 saturated heterocycles. The van der Waals surface area contributed by atoms with Crippen LogP contribution in [0.3, 0.4) is 0 Å². The average molecular weight is 395 g/mol. The van der Waals surface area contributed by atoms with E-state index in [0.717, 1.165) is 25.9 Å². The molecule has 1 unspecified atom stereocenters. The Labute approximate surface area is 141 Å². The molecule has 1 aromatic rings. The third-order valence-electron chi connectivity index (χ3n) is 4.89. The lowest BCUT2D eigenvalue weighted by Crippen LogP contribution is -2.53. The minimum Gasteiger partial charge on any atom is -0.317 e. The lowest BCUT2D eigenvalue weighted by molar-refractivity contribution is -0.0959. The number of rotatable bonds is 2. The summed E-state index contributed by atoms with van der Waals surface area (Å²) >= 11 is 2.88. The van der Waals surface area contributed by atoms with Crippen LogP contribution in [0.1, 0.15) is 30.7 Å². The molecule has 2 fully saturated rings. The number of halogens is 5. The van der Waals surface area contributed by atoms with E-state index in [2.05, 4.69) is 21.2 Å². The largest absolute Gasteiger partial charge is 0.317 e. The molecule has 0 bridgehead atoms. The van der Waals surface area contributed by atoms with Crippen LogP contribution in [-0.4, -0.2) is 43.0 Å². The Morgan fingerprint density at radius 1 is 1.09 bits per heavy atom. The van der Waals surface area contributed by atoms with Crippen LogP contribution < -0.4 is 5.32 Å². The third kappa shape index (κ3) is 3.42. The molecule has 1 N–H and O–H groups in total. The highest BCUT2D eigenvalue weighted by Crippen LogP contribution is 2.43. The van der Waals surface area contributed by atoms with Crippen molar-refractivity contribution < 1.29 is 17.6 Å². The topological polar surface area (TPSA) is 15.3 Å². The second-order valence-electron chi connectivity index (χ2n) is 6.32. The first-order valence-corrected chi connectivity index (χ1v) is 8.65. The molecule has 0 spiro atoms. The predicted molar refractivity (Wildman–Crippen MR) is 83.8 cm³/mol. The van der Waals surface area contributed by atoms with Gasteiger partial charge in [0, 0.05) is 11.6 Å². The van der Waals surface area contributed by atoms with E-state index in [4.69, 9.17) is 0 Å². The van der Waals surface area contributed by atoms with Crippen LogP contribution in [-0.2, 0) is 0 Å². The summed E-state index contributed by atoms with van der Waals surface area (Å²) in [7, 11) is 0. The van der Waals surface area contributed by atoms with Gasteiger partial charge in [-0.2, -0.15) is 0 Å². The first-order valence-electron chi connectivity index (χ1n) is 7.86. The van der Waals surface area contributed by atoms with Crippen molar-refractivity contribution in [2.45, 2.75) is 37.1 Å². The Balaban J connectivity index is 1.79. The number of benzene rings is 1. The smallest absolute Gasteiger partial charge is 0.267 e. The number of hydrogen-bond acceptors (Lipinski definition) is 2. The quantitative estimate of drug-likeness (QED) is 0.604. The fourth-order valence-electron chi connectivity index (χ4n) is 3.64. The molecule has 0 radical (unpaired) electrons. The number of alkyl halides is 2. The molecule has 23 heavy (non-hydrogen) atoms. The van der Waals surface area contributed by atoms with Gasteiger partial charge >= 0.3 is 0 Å². The van der Waals surface area contributed by atoms with E-state index < -0.39 is 23.5 Å². The van der Waals surface area contributed by atoms with E-state index in [1.807, 2.05) is 4.90 Å². The molecule has 2 aliphatic heterocycles. The first kappa shape index (κ1) is 17.2. The van der Waals surface area contributed by atoms with Gasteiger partial charge in [-0.1, -0.05) is 6.07 Å². The summed E-state index contributed by atoms with van der Waals surface area (Å²) in [5, 5.41) is 3.22. The van der Waals surface area contributed by atoms with Crippen LogP contribution in [0, 0.1) is 11.6 Å². The molecular weight excluding hydrogens is 376 g/mol. The molecule has 0 aromatic heterocycles. The monoisotopic (exact) mass is 394 g/mol. The molecular formula is C16H19BrF4N2. The standard InChI is InChI=1S/C16H19BrF4N2/c17-13-2-1-11(14(18)15(13)19)12-5-8-23(9-16(12,20)21)10-3-6-22-7-4-10/h1-2,10,12,22H,3-9H2. The Morgan fingerprint density at radius 3 is 2.43 bits per heavy atom. The molecule has 128 valence electrons. The molecule has 0 amide bonds. The minimum atomic E-state index is -3.07. The summed E-state index contributed by atoms with van der Waals surface area (Å²) in [6.45, 7) is 1.77. The van der Waals surface area contributed by atoms with Crippen LogP contribution in [0.5, 0.6) is 0 Å². The maximum atomic E-state index is 14.6. The number of piperidine rings is 2. The van der Waals surface area contributed by atoms with Gasteiger partial charge in [0.25, 0.3) is 5.92 Å². The second-order valence-corrected chi connectivity index (χ2v) is 7.17. The van der Waals surface area contributed by atoms with Crippen molar-refractivity contribution >= 4 is 15.9 Å². The normalized spacial score (nSPS) is 26.4. The average Bonchev–Trinajstić information content (AvgIpc) is 2.54. The minimum absolute atomic E-state index is 0.0470. The van der Waals surface area contributed by atoms with Gasteiger partial charge < -0.3 is 5.32 Å². The molecule has 2 nitrogen and oxygen atoms in total. The fourth-order valence-corrected chi connectivity index (χ4v) is 3.95. The van der Waals surface area contributed by atoms with Crippen molar-refractivity contribution in [3.8, 4) is 0 Å². The maximum Gasteiger partial charge on any atom is 0.267 e. The zero-order chi connectivity index (χ0) is 16.6. The molecule has 2 aliphatic rings. The van der Waals surface area contributed by atoms with Crippen molar-refractivity contribution in [1.29, 1.82) is 0 Å². The lowest BCUT2D eigenvalue weighted by atomic mass is 9.84. The van der Waals surface area contributed by atoms with Gasteiger partial charge in [0.05, 0.1) is 16.9 Å². The van der Waals surface area contributed by atoms with E-state index in [1.165, 1.54) is 12.1 Å². The third-order valence-corrected chi connectivity index (χ3v) is 5.51. The summed E-state index contributed by atoms with van der Waals surface area (Å²) in [6.07, 6.45) is 1.83. The van der Waals surface area contributed by atoms with Gasteiger partial charge in [-0.25, -0.2) is 17.6 Å². The van der Waals surface area contributed by atoms with Crippen molar-refractivity contribution in [3.05, 3.63) is 33.8 Å². The van der Waals surface area contributed by atoms with Crippen LogP contribution in [0.15, 0.2) is 16.6 Å². The van der Waals surface area contributed by atoms with Gasteiger partial charge in [0.1, 0.15) is 0 Å². The van der Waals surface area contributed by atoms with Gasteiger partial charge in [-0.05, 0) is 60.9 Å². The van der Waals surface area contributed by atoms with Crippen LogP contribution in [0.4, 0.5) is 17.6 Å². The zero-order valence-corrected chi connectivity index (χ0v) is 14.2. The van der Waals surface area contributed by atoms with Crippen LogP contribution >= 0.6 is 15.9 Å². The second kappa shape index (κ2) is 6.69. The highest BCUT2D eigenvalue weighted by Gasteiger charge is 2.47. The highest BCUT2D eigenvalue weighted by molar-refractivity contribution is 9.10. The van der Waals surface area contributed by atoms with E-state index in [9.17, 15) is 17.6 Å². The molecule has 1 aromatic carbocycles. The number of likely N-dealkylation sites (tertiary alicyclic amines) is 1. The molecule has 2 heterocycles. The maximum absolute atomic E-state index is 14.6. The van der Waals surface area contributed by atoms with Crippen LogP contribution in [0.25, 0.3) is 0 Å². The van der Waals surface area contributed by atoms with Gasteiger partial charge in [-0.3, -0.25) is 4.90 Å². The van der Waals surface area contributed by atoms with E-state index in [1.54, 1.807) is 0 Å². The summed E-state index contributed by atoms with van der Waals surface area (Å²) in [5.74, 6) is -6.61. The van der Waals surface area contributed by atoms with Crippen molar-refractivity contribution in [3.63, 3.8) is 0 Å². The highest BCUT2D eigenvalue weighted by atomic mass is 79.9. The van der Waals surface area contributed by atoms with Gasteiger partial charge in [-0.15, -0.1) is 0 Å². The molecule has 0 aliphatic carbocycles. The Hall–Kier alpha value is -0.660.